The van der Waals surface area contributed by atoms with E-state index in [0.29, 0.717) is 33.8 Å². The Balaban J connectivity index is 1.54. The predicted molar refractivity (Wildman–Crippen MR) is 180 cm³/mol. The Bertz CT molecular complexity index is 1870. The number of aromatic nitrogens is 2. The molecule has 4 aromatic carbocycles. The lowest BCUT2D eigenvalue weighted by molar-refractivity contribution is -0.127. The highest BCUT2D eigenvalue weighted by atomic mass is 16.6. The first kappa shape index (κ1) is 32.6. The molecule has 0 saturated carbocycles. The second kappa shape index (κ2) is 13.8. The maximum Gasteiger partial charge on any atom is 0.351 e. The van der Waals surface area contributed by atoms with Crippen molar-refractivity contribution < 1.29 is 28.8 Å². The van der Waals surface area contributed by atoms with Crippen LogP contribution in [0.4, 0.5) is 5.82 Å². The van der Waals surface area contributed by atoms with E-state index in [1.54, 1.807) is 51.6 Å². The fourth-order valence-corrected chi connectivity index (χ4v) is 6.16. The minimum absolute atomic E-state index is 0.0148. The maximum absolute atomic E-state index is 14.6. The molecule has 1 aliphatic rings. The molecule has 0 bridgehead atoms. The number of carbonyl (C=O) groups excluding carboxylic acids is 1. The zero-order valence-electron chi connectivity index (χ0n) is 26.9. The third kappa shape index (κ3) is 6.21. The summed E-state index contributed by atoms with van der Waals surface area (Å²) in [6, 6.07) is 33.1. The second-order valence-corrected chi connectivity index (χ2v) is 11.6. The van der Waals surface area contributed by atoms with Gasteiger partial charge in [0.25, 0.3) is 0 Å². The number of nitrogen functional groups attached to an aromatic ring is 1. The average Bonchev–Trinajstić information content (AvgIpc) is 3.51. The smallest absolute Gasteiger partial charge is 0.351 e. The fourth-order valence-electron chi connectivity index (χ4n) is 6.16. The van der Waals surface area contributed by atoms with Crippen LogP contribution in [0.3, 0.4) is 0 Å². The summed E-state index contributed by atoms with van der Waals surface area (Å²) in [5.41, 5.74) is 6.92. The molecule has 1 aromatic heterocycles. The number of nitrogens with zero attached hydrogens (tertiary/aromatic N) is 2. The van der Waals surface area contributed by atoms with Gasteiger partial charge in [-0.1, -0.05) is 84.9 Å². The molecule has 0 radical (unpaired) electrons. The third-order valence-electron chi connectivity index (χ3n) is 8.71. The largest absolute Gasteiger partial charge is 0.497 e. The summed E-state index contributed by atoms with van der Waals surface area (Å²) < 4.78 is 25.9. The molecule has 1 unspecified atom stereocenters. The van der Waals surface area contributed by atoms with Crippen LogP contribution in [0.5, 0.6) is 11.5 Å². The van der Waals surface area contributed by atoms with Gasteiger partial charge in [0.1, 0.15) is 35.2 Å². The Hall–Kier alpha value is -5.29. The molecule has 0 spiro atoms. The number of hydrogen-bond acceptors (Lipinski definition) is 9. The molecule has 1 aliphatic heterocycles. The van der Waals surface area contributed by atoms with Crippen molar-refractivity contribution in [1.29, 1.82) is 0 Å². The summed E-state index contributed by atoms with van der Waals surface area (Å²) in [6.07, 6.45) is -3.07. The van der Waals surface area contributed by atoms with Crippen LogP contribution >= 0.6 is 0 Å². The first-order chi connectivity index (χ1) is 23.2. The summed E-state index contributed by atoms with van der Waals surface area (Å²) in [5.74, 6) is 0.991. The van der Waals surface area contributed by atoms with Crippen LogP contribution < -0.4 is 20.9 Å². The number of aliphatic hydroxyl groups excluding tert-OH is 1. The third-order valence-corrected chi connectivity index (χ3v) is 8.71. The van der Waals surface area contributed by atoms with E-state index < -0.39 is 41.6 Å². The number of Topliss-reactive ketones (excluding diaryl/α,β-unsaturated/α-hetero) is 1. The Morgan fingerprint density at radius 3 is 1.94 bits per heavy atom. The van der Waals surface area contributed by atoms with Gasteiger partial charge in [-0.05, 0) is 47.9 Å². The topological polar surface area (TPSA) is 135 Å². The van der Waals surface area contributed by atoms with Crippen LogP contribution in [0, 0.1) is 6.92 Å². The van der Waals surface area contributed by atoms with Crippen molar-refractivity contribution in [2.45, 2.75) is 43.5 Å². The van der Waals surface area contributed by atoms with Gasteiger partial charge in [-0.15, -0.1) is 0 Å². The average molecular weight is 648 g/mol. The number of nitrogens with two attached hydrogens (primary N) is 1. The minimum Gasteiger partial charge on any atom is -0.497 e. The molecule has 1 saturated heterocycles. The van der Waals surface area contributed by atoms with Crippen molar-refractivity contribution in [3.8, 4) is 11.5 Å². The van der Waals surface area contributed by atoms with Crippen molar-refractivity contribution in [2.24, 2.45) is 0 Å². The zero-order valence-corrected chi connectivity index (χ0v) is 26.9. The van der Waals surface area contributed by atoms with Gasteiger partial charge in [-0.2, -0.15) is 4.98 Å². The van der Waals surface area contributed by atoms with Crippen LogP contribution in [0.25, 0.3) is 0 Å². The first-order valence-corrected chi connectivity index (χ1v) is 15.6. The number of carbonyl (C=O) groups is 1. The molecule has 0 aliphatic carbocycles. The summed E-state index contributed by atoms with van der Waals surface area (Å²) in [7, 11) is 3.18. The van der Waals surface area contributed by atoms with E-state index in [4.69, 9.17) is 24.7 Å². The van der Waals surface area contributed by atoms with E-state index in [0.717, 1.165) is 5.56 Å². The second-order valence-electron chi connectivity index (χ2n) is 11.6. The number of hydrogen-bond donors (Lipinski definition) is 2. The van der Waals surface area contributed by atoms with Gasteiger partial charge in [-0.25, -0.2) is 4.79 Å². The Labute approximate surface area is 278 Å². The van der Waals surface area contributed by atoms with Gasteiger partial charge in [0.15, 0.2) is 11.9 Å². The molecule has 246 valence electrons. The van der Waals surface area contributed by atoms with Gasteiger partial charge in [0.2, 0.25) is 0 Å². The van der Waals surface area contributed by atoms with Gasteiger partial charge in [-0.3, -0.25) is 9.36 Å². The normalized spacial score (nSPS) is 18.3. The Morgan fingerprint density at radius 1 is 0.875 bits per heavy atom. The number of rotatable bonds is 11. The van der Waals surface area contributed by atoms with Gasteiger partial charge in [0.05, 0.1) is 20.3 Å². The van der Waals surface area contributed by atoms with E-state index in [2.05, 4.69) is 4.98 Å². The van der Waals surface area contributed by atoms with Gasteiger partial charge < -0.3 is 29.8 Å². The molecule has 48 heavy (non-hydrogen) atoms. The molecule has 0 amide bonds. The quantitative estimate of drug-likeness (QED) is 0.149. The summed E-state index contributed by atoms with van der Waals surface area (Å²) >= 11 is 0. The number of ketones is 1. The molecule has 2 heterocycles. The van der Waals surface area contributed by atoms with E-state index in [-0.39, 0.29) is 12.2 Å². The van der Waals surface area contributed by atoms with E-state index >= 15 is 0 Å². The molecule has 10 nitrogen and oxygen atoms in total. The van der Waals surface area contributed by atoms with Gasteiger partial charge in [0, 0.05) is 23.7 Å². The Kier molecular flexibility index (Phi) is 9.40. The number of benzene rings is 4. The molecule has 6 rings (SSSR count). The molecule has 10 heteroatoms. The van der Waals surface area contributed by atoms with E-state index in [9.17, 15) is 14.7 Å². The highest BCUT2D eigenvalue weighted by molar-refractivity contribution is 6.00. The molecule has 5 aromatic rings. The molecular weight excluding hydrogens is 610 g/mol. The summed E-state index contributed by atoms with van der Waals surface area (Å²) in [4.78, 5) is 31.4. The lowest BCUT2D eigenvalue weighted by atomic mass is 9.79. The number of ether oxygens (including phenoxy) is 4. The molecule has 3 N–H and O–H groups in total. The molecule has 1 fully saturated rings. The maximum atomic E-state index is 14.6. The monoisotopic (exact) mass is 647 g/mol. The SMILES string of the molecule is COc1ccc(C(OC(C(=O)c2ccccc2)[C@H]2O[C@@H](n3cc(C)c(N)nc3=O)C[C@@H]2O)(c2ccccc2)c2ccc(OC)cc2)cc1. The summed E-state index contributed by atoms with van der Waals surface area (Å²) in [5, 5.41) is 11.6. The van der Waals surface area contributed by atoms with Crippen LogP contribution in [0.1, 0.15) is 45.3 Å². The van der Waals surface area contributed by atoms with Crippen molar-refractivity contribution in [3.63, 3.8) is 0 Å². The number of anilines is 1. The van der Waals surface area contributed by atoms with Crippen LogP contribution in [0.15, 0.2) is 120 Å². The standard InChI is InChI=1S/C38H37N3O7/c1-24-23-41(37(44)40-36(24)39)32-22-31(42)34(47-32)35(33(43)25-10-6-4-7-11-25)48-38(26-12-8-5-9-13-26,27-14-18-29(45-2)19-15-27)28-16-20-30(46-3)21-17-28/h4-21,23,31-32,34-35,42H,22H2,1-3H3,(H2,39,40,44)/t31-,32+,34-,35?/m0/s1. The van der Waals surface area contributed by atoms with Crippen LogP contribution in [-0.4, -0.2) is 53.0 Å². The highest BCUT2D eigenvalue weighted by Crippen LogP contribution is 2.45. The number of methoxy groups -OCH3 is 2. The van der Waals surface area contributed by atoms with E-state index in [1.165, 1.54) is 4.57 Å². The number of aliphatic hydroxyl groups is 1. The van der Waals surface area contributed by atoms with Crippen LogP contribution in [0.2, 0.25) is 0 Å². The Morgan fingerprint density at radius 2 is 1.40 bits per heavy atom. The van der Waals surface area contributed by atoms with Crippen LogP contribution in [-0.2, 0) is 15.1 Å². The van der Waals surface area contributed by atoms with Crippen molar-refractivity contribution in [2.75, 3.05) is 20.0 Å². The lowest BCUT2D eigenvalue weighted by Crippen LogP contribution is -2.48. The van der Waals surface area contributed by atoms with E-state index in [1.807, 2.05) is 84.9 Å². The van der Waals surface area contributed by atoms with Crippen molar-refractivity contribution in [3.05, 3.63) is 154 Å². The number of aryl methyl sites for hydroxylation is 1. The van der Waals surface area contributed by atoms with Crippen molar-refractivity contribution in [1.82, 2.24) is 9.55 Å². The fraction of sp³-hybridized carbons (Fsp3) is 0.237. The lowest BCUT2D eigenvalue weighted by Gasteiger charge is -2.40. The first-order valence-electron chi connectivity index (χ1n) is 15.6. The zero-order chi connectivity index (χ0) is 33.8. The predicted octanol–water partition coefficient (Wildman–Crippen LogP) is 5.06. The molecular formula is C38H37N3O7. The highest BCUT2D eigenvalue weighted by Gasteiger charge is 2.49. The molecule has 4 atom stereocenters. The van der Waals surface area contributed by atoms with Crippen molar-refractivity contribution >= 4 is 11.6 Å². The minimum atomic E-state index is -1.40. The summed E-state index contributed by atoms with van der Waals surface area (Å²) in [6.45, 7) is 1.73. The van der Waals surface area contributed by atoms with Gasteiger partial charge >= 0.3 is 5.69 Å².